The second-order valence-corrected chi connectivity index (χ2v) is 9.57. The fourth-order valence-electron chi connectivity index (χ4n) is 5.48. The minimum atomic E-state index is 0.0640. The number of aliphatic hydroxyl groups excluding tert-OH is 1. The topological polar surface area (TPSA) is 86.3 Å². The number of nitrogens with one attached hydrogen (secondary N) is 3. The lowest BCUT2D eigenvalue weighted by Crippen LogP contribution is -2.36. The van der Waals surface area contributed by atoms with Crippen LogP contribution in [0.25, 0.3) is 10.9 Å². The zero-order chi connectivity index (χ0) is 21.7. The van der Waals surface area contributed by atoms with Crippen LogP contribution < -0.4 is 16.0 Å². The second kappa shape index (κ2) is 10.2. The number of aliphatic hydroxyl groups is 1. The predicted molar refractivity (Wildman–Crippen MR) is 127 cm³/mol. The normalized spacial score (nSPS) is 23.0. The van der Waals surface area contributed by atoms with Crippen molar-refractivity contribution in [2.24, 2.45) is 11.3 Å². The van der Waals surface area contributed by atoms with Crippen molar-refractivity contribution in [2.45, 2.75) is 51.4 Å². The average Bonchev–Trinajstić information content (AvgIpc) is 2.75. The molecule has 31 heavy (non-hydrogen) atoms. The Hall–Kier alpha value is -1.89. The summed E-state index contributed by atoms with van der Waals surface area (Å²) in [6.07, 6.45) is 9.30. The number of carbonyl (C=O) groups excluding carboxylic acids is 1. The molecule has 2 aromatic rings. The summed E-state index contributed by atoms with van der Waals surface area (Å²) in [4.78, 5) is 17.7. The first-order valence-electron chi connectivity index (χ1n) is 11.5. The monoisotopic (exact) mass is 444 g/mol. The molecule has 2 aliphatic rings. The van der Waals surface area contributed by atoms with E-state index in [-0.39, 0.29) is 17.9 Å². The third kappa shape index (κ3) is 5.48. The first-order valence-corrected chi connectivity index (χ1v) is 11.9. The van der Waals surface area contributed by atoms with Gasteiger partial charge >= 0.3 is 0 Å². The molecule has 0 spiro atoms. The zero-order valence-electron chi connectivity index (χ0n) is 18.1. The van der Waals surface area contributed by atoms with Gasteiger partial charge in [-0.2, -0.15) is 0 Å². The molecule has 1 aromatic heterocycles. The summed E-state index contributed by atoms with van der Waals surface area (Å²) in [6, 6.07) is 7.55. The molecule has 4 rings (SSSR count). The maximum Gasteiger partial charge on any atom is 0.224 e. The molecule has 2 aliphatic carbocycles. The Balaban J connectivity index is 1.44. The van der Waals surface area contributed by atoms with Gasteiger partial charge in [-0.3, -0.25) is 4.79 Å². The van der Waals surface area contributed by atoms with Crippen LogP contribution in [0.15, 0.2) is 24.3 Å². The first-order chi connectivity index (χ1) is 15.1. The number of hydrogen-bond donors (Lipinski definition) is 4. The van der Waals surface area contributed by atoms with E-state index in [0.717, 1.165) is 29.2 Å². The maximum absolute atomic E-state index is 13.0. The Bertz CT molecular complexity index is 910. The van der Waals surface area contributed by atoms with Gasteiger partial charge in [0, 0.05) is 31.4 Å². The zero-order valence-corrected chi connectivity index (χ0v) is 18.8. The van der Waals surface area contributed by atoms with E-state index in [1.807, 2.05) is 18.2 Å². The van der Waals surface area contributed by atoms with Crippen molar-refractivity contribution in [1.82, 2.24) is 10.3 Å². The highest BCUT2D eigenvalue weighted by atomic mass is 35.5. The van der Waals surface area contributed by atoms with Crippen molar-refractivity contribution in [3.05, 3.63) is 29.3 Å². The minimum absolute atomic E-state index is 0.0640. The molecule has 0 radical (unpaired) electrons. The molecule has 1 amide bonds. The lowest BCUT2D eigenvalue weighted by Gasteiger charge is -2.45. The van der Waals surface area contributed by atoms with Gasteiger partial charge in [0.25, 0.3) is 0 Å². The molecule has 1 aromatic carbocycles. The van der Waals surface area contributed by atoms with Gasteiger partial charge in [0.15, 0.2) is 0 Å². The SMILES string of the molecule is O=C(CC12CCCC(CCC1)C2)Nc1c(Cl)ccc2nc(NCCNCCO)ccc12. The summed E-state index contributed by atoms with van der Waals surface area (Å²) in [7, 11) is 0. The van der Waals surface area contributed by atoms with Gasteiger partial charge in [0.2, 0.25) is 5.91 Å². The van der Waals surface area contributed by atoms with Crippen molar-refractivity contribution < 1.29 is 9.90 Å². The molecule has 0 aliphatic heterocycles. The molecule has 6 nitrogen and oxygen atoms in total. The van der Waals surface area contributed by atoms with Crippen LogP contribution in [-0.2, 0) is 4.79 Å². The number of halogens is 1. The van der Waals surface area contributed by atoms with Crippen molar-refractivity contribution in [3.8, 4) is 0 Å². The molecular weight excluding hydrogens is 412 g/mol. The molecular formula is C24H33ClN4O2. The smallest absolute Gasteiger partial charge is 0.224 e. The largest absolute Gasteiger partial charge is 0.395 e. The summed E-state index contributed by atoms with van der Waals surface area (Å²) in [5.74, 6) is 1.65. The highest BCUT2D eigenvalue weighted by Crippen LogP contribution is 2.51. The number of amides is 1. The summed E-state index contributed by atoms with van der Waals surface area (Å²) in [6.45, 7) is 2.16. The van der Waals surface area contributed by atoms with E-state index in [2.05, 4.69) is 20.9 Å². The summed E-state index contributed by atoms with van der Waals surface area (Å²) in [5, 5.41) is 19.7. The lowest BCUT2D eigenvalue weighted by molar-refractivity contribution is -0.120. The minimum Gasteiger partial charge on any atom is -0.395 e. The van der Waals surface area contributed by atoms with Gasteiger partial charge in [-0.15, -0.1) is 0 Å². The highest BCUT2D eigenvalue weighted by Gasteiger charge is 2.40. The van der Waals surface area contributed by atoms with Crippen molar-refractivity contribution in [1.29, 1.82) is 0 Å². The standard InChI is InChI=1S/C24H33ClN4O2/c25-19-6-7-20-18(5-8-21(28-20)27-12-11-26-13-14-30)23(19)29-22(31)16-24-9-1-3-17(15-24)4-2-10-24/h5-8,17,26,30H,1-4,9-16H2,(H,27,28)(H,29,31). The van der Waals surface area contributed by atoms with Gasteiger partial charge in [-0.25, -0.2) is 4.98 Å². The van der Waals surface area contributed by atoms with E-state index in [1.54, 1.807) is 6.07 Å². The molecule has 4 N–H and O–H groups in total. The molecule has 0 atom stereocenters. The fraction of sp³-hybridized carbons (Fsp3) is 0.583. The van der Waals surface area contributed by atoms with E-state index in [4.69, 9.17) is 16.7 Å². The van der Waals surface area contributed by atoms with Crippen LogP contribution in [0.5, 0.6) is 0 Å². The van der Waals surface area contributed by atoms with E-state index >= 15 is 0 Å². The Morgan fingerprint density at radius 1 is 1.13 bits per heavy atom. The van der Waals surface area contributed by atoms with E-state index in [1.165, 1.54) is 44.9 Å². The third-order valence-corrected chi connectivity index (χ3v) is 7.19. The molecule has 7 heteroatoms. The molecule has 0 saturated heterocycles. The van der Waals surface area contributed by atoms with Crippen molar-refractivity contribution >= 4 is 39.9 Å². The van der Waals surface area contributed by atoms with Gasteiger partial charge in [-0.1, -0.05) is 37.3 Å². The number of fused-ring (bicyclic) bond motifs is 3. The highest BCUT2D eigenvalue weighted by molar-refractivity contribution is 6.35. The van der Waals surface area contributed by atoms with E-state index in [0.29, 0.717) is 30.2 Å². The van der Waals surface area contributed by atoms with Crippen LogP contribution in [0.1, 0.15) is 51.4 Å². The van der Waals surface area contributed by atoms with E-state index in [9.17, 15) is 4.79 Å². The molecule has 0 unspecified atom stereocenters. The van der Waals surface area contributed by atoms with Gasteiger partial charge in [0.1, 0.15) is 5.82 Å². The van der Waals surface area contributed by atoms with Crippen LogP contribution in [0.2, 0.25) is 5.02 Å². The number of aromatic nitrogens is 1. The van der Waals surface area contributed by atoms with Crippen LogP contribution >= 0.6 is 11.6 Å². The van der Waals surface area contributed by atoms with Crippen LogP contribution in [0.4, 0.5) is 11.5 Å². The van der Waals surface area contributed by atoms with Crippen LogP contribution in [0, 0.1) is 11.3 Å². The molecule has 2 bridgehead atoms. The fourth-order valence-corrected chi connectivity index (χ4v) is 5.69. The van der Waals surface area contributed by atoms with Crippen molar-refractivity contribution in [3.63, 3.8) is 0 Å². The van der Waals surface area contributed by atoms with Gasteiger partial charge < -0.3 is 21.1 Å². The Morgan fingerprint density at radius 3 is 2.71 bits per heavy atom. The number of benzene rings is 1. The average molecular weight is 445 g/mol. The molecule has 2 saturated carbocycles. The molecule has 2 fully saturated rings. The predicted octanol–water partition coefficient (Wildman–Crippen LogP) is 4.57. The van der Waals surface area contributed by atoms with E-state index < -0.39 is 0 Å². The maximum atomic E-state index is 13.0. The van der Waals surface area contributed by atoms with Gasteiger partial charge in [-0.05, 0) is 54.9 Å². The number of rotatable bonds is 9. The quantitative estimate of drug-likeness (QED) is 0.425. The Morgan fingerprint density at radius 2 is 1.94 bits per heavy atom. The molecule has 168 valence electrons. The second-order valence-electron chi connectivity index (χ2n) is 9.17. The number of hydrogen-bond acceptors (Lipinski definition) is 5. The Kier molecular flexibility index (Phi) is 7.31. The summed E-state index contributed by atoms with van der Waals surface area (Å²) in [5.41, 5.74) is 1.64. The molecule has 1 heterocycles. The summed E-state index contributed by atoms with van der Waals surface area (Å²) < 4.78 is 0. The Labute approximate surface area is 189 Å². The number of pyridine rings is 1. The summed E-state index contributed by atoms with van der Waals surface area (Å²) >= 11 is 6.48. The number of nitrogens with zero attached hydrogens (tertiary/aromatic N) is 1. The van der Waals surface area contributed by atoms with Gasteiger partial charge in [0.05, 0.1) is 22.8 Å². The number of anilines is 2. The number of carbonyl (C=O) groups is 1. The third-order valence-electron chi connectivity index (χ3n) is 6.88. The lowest BCUT2D eigenvalue weighted by atomic mass is 9.60. The van der Waals surface area contributed by atoms with Crippen LogP contribution in [-0.4, -0.2) is 42.2 Å². The first kappa shape index (κ1) is 22.3. The van der Waals surface area contributed by atoms with Crippen molar-refractivity contribution in [2.75, 3.05) is 36.9 Å². The van der Waals surface area contributed by atoms with Crippen LogP contribution in [0.3, 0.4) is 0 Å².